The van der Waals surface area contributed by atoms with Crippen LogP contribution >= 0.6 is 0 Å². The summed E-state index contributed by atoms with van der Waals surface area (Å²) < 4.78 is 0. The molecule has 1 aliphatic heterocycles. The highest BCUT2D eigenvalue weighted by Gasteiger charge is 2.31. The lowest BCUT2D eigenvalue weighted by molar-refractivity contribution is -0.126. The second-order valence-corrected chi connectivity index (χ2v) is 6.16. The maximum absolute atomic E-state index is 12.1. The molecule has 0 spiro atoms. The van der Waals surface area contributed by atoms with Crippen molar-refractivity contribution in [3.05, 3.63) is 0 Å². The van der Waals surface area contributed by atoms with Crippen LogP contribution in [0.4, 0.5) is 0 Å². The van der Waals surface area contributed by atoms with Gasteiger partial charge >= 0.3 is 0 Å². The van der Waals surface area contributed by atoms with Gasteiger partial charge < -0.3 is 10.6 Å². The highest BCUT2D eigenvalue weighted by atomic mass is 16.2. The van der Waals surface area contributed by atoms with Gasteiger partial charge in [-0.25, -0.2) is 0 Å². The van der Waals surface area contributed by atoms with Crippen molar-refractivity contribution in [2.24, 2.45) is 11.8 Å². The molecule has 112 valence electrons. The second kappa shape index (κ2) is 7.85. The van der Waals surface area contributed by atoms with Crippen LogP contribution in [0.5, 0.6) is 0 Å². The molecule has 19 heavy (non-hydrogen) atoms. The minimum atomic E-state index is -0.00870. The molecule has 2 N–H and O–H groups in total. The zero-order chi connectivity index (χ0) is 14.4. The normalized spacial score (nSPS) is 26.4. The van der Waals surface area contributed by atoms with E-state index in [1.165, 1.54) is 6.42 Å². The summed E-state index contributed by atoms with van der Waals surface area (Å²) in [6, 6.07) is 0.595. The third-order valence-electron chi connectivity index (χ3n) is 4.27. The second-order valence-electron chi connectivity index (χ2n) is 6.16. The van der Waals surface area contributed by atoms with Crippen molar-refractivity contribution in [1.82, 2.24) is 15.5 Å². The van der Waals surface area contributed by atoms with E-state index in [0.29, 0.717) is 17.9 Å². The van der Waals surface area contributed by atoms with Crippen LogP contribution < -0.4 is 10.6 Å². The minimum Gasteiger partial charge on any atom is -0.354 e. The molecule has 1 rings (SSSR count). The Kier molecular flexibility index (Phi) is 6.80. The van der Waals surface area contributed by atoms with Crippen LogP contribution in [0.2, 0.25) is 0 Å². The number of rotatable bonds is 6. The first-order valence-electron chi connectivity index (χ1n) is 7.68. The molecule has 1 aliphatic rings. The smallest absolute Gasteiger partial charge is 0.237 e. The van der Waals surface area contributed by atoms with Gasteiger partial charge in [0.05, 0.1) is 6.04 Å². The molecule has 0 aromatic heterocycles. The van der Waals surface area contributed by atoms with E-state index in [4.69, 9.17) is 0 Å². The number of nitrogens with zero attached hydrogens (tertiary/aromatic N) is 1. The fourth-order valence-electron chi connectivity index (χ4n) is 2.82. The monoisotopic (exact) mass is 269 g/mol. The third-order valence-corrected chi connectivity index (χ3v) is 4.27. The van der Waals surface area contributed by atoms with Crippen molar-refractivity contribution in [3.63, 3.8) is 0 Å². The summed E-state index contributed by atoms with van der Waals surface area (Å²) in [4.78, 5) is 14.5. The molecule has 1 fully saturated rings. The molecule has 0 bridgehead atoms. The molecule has 0 aliphatic carbocycles. The van der Waals surface area contributed by atoms with E-state index in [1.54, 1.807) is 0 Å². The van der Waals surface area contributed by atoms with Crippen molar-refractivity contribution in [2.45, 2.75) is 52.6 Å². The summed E-state index contributed by atoms with van der Waals surface area (Å²) in [7, 11) is 2.04. The average Bonchev–Trinajstić information content (AvgIpc) is 2.42. The molecular weight excluding hydrogens is 238 g/mol. The molecule has 3 atom stereocenters. The molecule has 0 aromatic rings. The molecule has 4 heteroatoms. The fraction of sp³-hybridized carbons (Fsp3) is 0.933. The first kappa shape index (κ1) is 16.4. The number of likely N-dealkylation sites (tertiary alicyclic amines) is 1. The number of piperidine rings is 1. The number of nitrogens with one attached hydrogen (secondary N) is 2. The molecule has 4 nitrogen and oxygen atoms in total. The van der Waals surface area contributed by atoms with Gasteiger partial charge in [-0.05, 0) is 32.2 Å². The first-order valence-corrected chi connectivity index (χ1v) is 7.68. The molecule has 0 aromatic carbocycles. The number of hydrogen-bond acceptors (Lipinski definition) is 3. The van der Waals surface area contributed by atoms with E-state index in [1.807, 2.05) is 14.0 Å². The van der Waals surface area contributed by atoms with E-state index in [9.17, 15) is 4.79 Å². The number of amides is 1. The molecule has 1 amide bonds. The van der Waals surface area contributed by atoms with Gasteiger partial charge in [-0.1, -0.05) is 27.2 Å². The Morgan fingerprint density at radius 2 is 2.05 bits per heavy atom. The predicted octanol–water partition coefficient (Wildman–Crippen LogP) is 1.47. The minimum absolute atomic E-state index is 0.00870. The van der Waals surface area contributed by atoms with Gasteiger partial charge in [-0.2, -0.15) is 0 Å². The summed E-state index contributed by atoms with van der Waals surface area (Å²) in [6.45, 7) is 11.3. The largest absolute Gasteiger partial charge is 0.354 e. The lowest BCUT2D eigenvalue weighted by Gasteiger charge is -2.40. The molecule has 1 saturated heterocycles. The van der Waals surface area contributed by atoms with Crippen molar-refractivity contribution in [1.29, 1.82) is 0 Å². The molecule has 3 unspecified atom stereocenters. The molecule has 0 saturated carbocycles. The Bertz CT molecular complexity index is 281. The van der Waals surface area contributed by atoms with Gasteiger partial charge in [-0.3, -0.25) is 9.69 Å². The van der Waals surface area contributed by atoms with E-state index < -0.39 is 0 Å². The van der Waals surface area contributed by atoms with Crippen LogP contribution in [-0.4, -0.2) is 49.6 Å². The third kappa shape index (κ3) is 4.77. The standard InChI is InChI=1S/C15H31N3O/c1-6-13-10-18(8-7-14(13)16-5)12(4)15(19)17-9-11(2)3/h11-14,16H,6-10H2,1-5H3,(H,17,19). The summed E-state index contributed by atoms with van der Waals surface area (Å²) in [5.74, 6) is 1.33. The van der Waals surface area contributed by atoms with Crippen molar-refractivity contribution < 1.29 is 4.79 Å². The highest BCUT2D eigenvalue weighted by molar-refractivity contribution is 5.81. The van der Waals surface area contributed by atoms with Crippen LogP contribution in [0.3, 0.4) is 0 Å². The van der Waals surface area contributed by atoms with E-state index in [-0.39, 0.29) is 11.9 Å². The Hall–Kier alpha value is -0.610. The number of carbonyl (C=O) groups excluding carboxylic acids is 1. The van der Waals surface area contributed by atoms with Crippen LogP contribution in [-0.2, 0) is 4.79 Å². The van der Waals surface area contributed by atoms with Crippen LogP contribution in [0.1, 0.15) is 40.5 Å². The molecular formula is C15H31N3O. The average molecular weight is 269 g/mol. The van der Waals surface area contributed by atoms with Gasteiger partial charge in [0, 0.05) is 25.7 Å². The predicted molar refractivity (Wildman–Crippen MR) is 80.1 cm³/mol. The highest BCUT2D eigenvalue weighted by Crippen LogP contribution is 2.21. The van der Waals surface area contributed by atoms with Crippen LogP contribution in [0.25, 0.3) is 0 Å². The van der Waals surface area contributed by atoms with E-state index in [0.717, 1.165) is 26.1 Å². The van der Waals surface area contributed by atoms with Gasteiger partial charge in [0.25, 0.3) is 0 Å². The van der Waals surface area contributed by atoms with Crippen molar-refractivity contribution in [3.8, 4) is 0 Å². The maximum Gasteiger partial charge on any atom is 0.237 e. The SMILES string of the molecule is CCC1CN(C(C)C(=O)NCC(C)C)CCC1NC. The Balaban J connectivity index is 2.49. The van der Waals surface area contributed by atoms with Crippen molar-refractivity contribution in [2.75, 3.05) is 26.7 Å². The van der Waals surface area contributed by atoms with E-state index >= 15 is 0 Å². The first-order chi connectivity index (χ1) is 8.99. The Labute approximate surface area is 118 Å². The van der Waals surface area contributed by atoms with Gasteiger partial charge in [0.1, 0.15) is 0 Å². The van der Waals surface area contributed by atoms with Gasteiger partial charge in [0.15, 0.2) is 0 Å². The maximum atomic E-state index is 12.1. The van der Waals surface area contributed by atoms with E-state index in [2.05, 4.69) is 36.3 Å². The zero-order valence-electron chi connectivity index (χ0n) is 13.2. The van der Waals surface area contributed by atoms with Crippen LogP contribution in [0.15, 0.2) is 0 Å². The lowest BCUT2D eigenvalue weighted by atomic mass is 9.89. The topological polar surface area (TPSA) is 44.4 Å². The number of hydrogen-bond donors (Lipinski definition) is 2. The van der Waals surface area contributed by atoms with Gasteiger partial charge in [0.2, 0.25) is 5.91 Å². The Morgan fingerprint density at radius 1 is 1.37 bits per heavy atom. The summed E-state index contributed by atoms with van der Waals surface area (Å²) in [5, 5.41) is 6.45. The van der Waals surface area contributed by atoms with Crippen molar-refractivity contribution >= 4 is 5.91 Å². The summed E-state index contributed by atoms with van der Waals surface area (Å²) in [6.07, 6.45) is 2.30. The lowest BCUT2D eigenvalue weighted by Crippen LogP contribution is -2.54. The zero-order valence-corrected chi connectivity index (χ0v) is 13.2. The summed E-state index contributed by atoms with van der Waals surface area (Å²) >= 11 is 0. The number of carbonyl (C=O) groups is 1. The quantitative estimate of drug-likeness (QED) is 0.767. The van der Waals surface area contributed by atoms with Crippen LogP contribution in [0, 0.1) is 11.8 Å². The molecule has 0 radical (unpaired) electrons. The summed E-state index contributed by atoms with van der Waals surface area (Å²) in [5.41, 5.74) is 0. The fourth-order valence-corrected chi connectivity index (χ4v) is 2.82. The Morgan fingerprint density at radius 3 is 2.58 bits per heavy atom. The molecule has 1 heterocycles. The van der Waals surface area contributed by atoms with Gasteiger partial charge in [-0.15, -0.1) is 0 Å².